The van der Waals surface area contributed by atoms with Gasteiger partial charge in [-0.3, -0.25) is 4.79 Å². The van der Waals surface area contributed by atoms with Crippen LogP contribution in [0.15, 0.2) is 23.6 Å². The van der Waals surface area contributed by atoms with Crippen molar-refractivity contribution in [2.45, 2.75) is 13.8 Å². The maximum atomic E-state index is 13.4. The summed E-state index contributed by atoms with van der Waals surface area (Å²) in [5, 5.41) is 4.08. The number of ether oxygens (including phenoxy) is 1. The van der Waals surface area contributed by atoms with Crippen LogP contribution in [-0.4, -0.2) is 23.5 Å². The molecule has 0 radical (unpaired) electrons. The lowest BCUT2D eigenvalue weighted by Crippen LogP contribution is -2.13. The smallest absolute Gasteiger partial charge is 0.367 e. The number of aryl methyl sites for hydroxylation is 1. The third kappa shape index (κ3) is 3.63. The molecule has 0 unspecified atom stereocenters. The highest BCUT2D eigenvalue weighted by atomic mass is 32.1. The summed E-state index contributed by atoms with van der Waals surface area (Å²) in [7, 11) is 0. The number of thiazole rings is 1. The van der Waals surface area contributed by atoms with Gasteiger partial charge in [0.1, 0.15) is 11.5 Å². The first-order valence-corrected chi connectivity index (χ1v) is 7.09. The number of carbonyl (C=O) groups is 2. The van der Waals surface area contributed by atoms with Gasteiger partial charge in [-0.05, 0) is 31.5 Å². The minimum absolute atomic E-state index is 0.0871. The molecule has 1 aromatic heterocycles. The molecule has 1 N–H and O–H groups in total. The molecule has 7 heteroatoms. The predicted octanol–water partition coefficient (Wildman–Crippen LogP) is 3.02. The minimum atomic E-state index is -0.567. The largest absolute Gasteiger partial charge is 0.461 e. The first-order valence-electron chi connectivity index (χ1n) is 6.21. The highest BCUT2D eigenvalue weighted by Crippen LogP contribution is 2.16. The molecule has 0 atom stereocenters. The van der Waals surface area contributed by atoms with Crippen molar-refractivity contribution < 1.29 is 18.7 Å². The van der Waals surface area contributed by atoms with Crippen LogP contribution >= 0.6 is 11.3 Å². The Balaban J connectivity index is 2.10. The average Bonchev–Trinajstić information content (AvgIpc) is 2.93. The fourth-order valence-electron chi connectivity index (χ4n) is 1.53. The highest BCUT2D eigenvalue weighted by Gasteiger charge is 2.16. The van der Waals surface area contributed by atoms with Gasteiger partial charge in [0.25, 0.3) is 5.91 Å². The van der Waals surface area contributed by atoms with E-state index in [2.05, 4.69) is 10.3 Å². The molecule has 1 amide bonds. The van der Waals surface area contributed by atoms with Gasteiger partial charge in [-0.15, -0.1) is 11.3 Å². The Labute approximate surface area is 124 Å². The van der Waals surface area contributed by atoms with Gasteiger partial charge in [0, 0.05) is 11.1 Å². The minimum Gasteiger partial charge on any atom is -0.461 e. The van der Waals surface area contributed by atoms with E-state index in [1.807, 2.05) is 0 Å². The van der Waals surface area contributed by atoms with Crippen molar-refractivity contribution in [2.75, 3.05) is 11.9 Å². The number of amides is 1. The Morgan fingerprint density at radius 2 is 2.19 bits per heavy atom. The van der Waals surface area contributed by atoms with Crippen molar-refractivity contribution in [1.82, 2.24) is 4.98 Å². The second kappa shape index (κ2) is 6.45. The van der Waals surface area contributed by atoms with Gasteiger partial charge < -0.3 is 10.1 Å². The normalized spacial score (nSPS) is 10.2. The summed E-state index contributed by atoms with van der Waals surface area (Å²) in [6, 6.07) is 4.39. The Kier molecular flexibility index (Phi) is 4.64. The second-order valence-corrected chi connectivity index (χ2v) is 5.03. The molecule has 0 aliphatic carbocycles. The zero-order valence-corrected chi connectivity index (χ0v) is 12.3. The van der Waals surface area contributed by atoms with Crippen molar-refractivity contribution in [3.63, 3.8) is 0 Å². The van der Waals surface area contributed by atoms with Crippen LogP contribution in [0.3, 0.4) is 0 Å². The monoisotopic (exact) mass is 308 g/mol. The van der Waals surface area contributed by atoms with Crippen LogP contribution in [0.1, 0.15) is 32.8 Å². The Morgan fingerprint density at radius 1 is 1.43 bits per heavy atom. The molecule has 0 aliphatic rings. The number of carbonyl (C=O) groups excluding carboxylic acids is 2. The number of benzene rings is 1. The van der Waals surface area contributed by atoms with E-state index in [1.54, 1.807) is 26.0 Å². The van der Waals surface area contributed by atoms with Crippen LogP contribution in [0.4, 0.5) is 10.1 Å². The molecule has 2 aromatic rings. The van der Waals surface area contributed by atoms with Gasteiger partial charge in [0.05, 0.1) is 6.61 Å². The van der Waals surface area contributed by atoms with E-state index in [1.165, 1.54) is 11.4 Å². The van der Waals surface area contributed by atoms with Gasteiger partial charge in [0.15, 0.2) is 0 Å². The van der Waals surface area contributed by atoms with Gasteiger partial charge in [-0.2, -0.15) is 0 Å². The summed E-state index contributed by atoms with van der Waals surface area (Å²) >= 11 is 1.02. The number of nitrogens with one attached hydrogen (secondary N) is 1. The summed E-state index contributed by atoms with van der Waals surface area (Å²) in [6.07, 6.45) is 0. The quantitative estimate of drug-likeness (QED) is 0.882. The zero-order valence-electron chi connectivity index (χ0n) is 11.5. The Hall–Kier alpha value is -2.28. The Morgan fingerprint density at radius 3 is 2.86 bits per heavy atom. The van der Waals surface area contributed by atoms with E-state index in [-0.39, 0.29) is 17.3 Å². The van der Waals surface area contributed by atoms with Crippen LogP contribution in [0.5, 0.6) is 0 Å². The molecule has 5 nitrogen and oxygen atoms in total. The van der Waals surface area contributed by atoms with E-state index >= 15 is 0 Å². The number of rotatable bonds is 4. The van der Waals surface area contributed by atoms with E-state index in [4.69, 9.17) is 4.74 Å². The number of hydrogen-bond donors (Lipinski definition) is 1. The summed E-state index contributed by atoms with van der Waals surface area (Å²) < 4.78 is 18.2. The molecule has 1 aromatic carbocycles. The number of nitrogens with zero attached hydrogens (tertiary/aromatic N) is 1. The number of esters is 1. The summed E-state index contributed by atoms with van der Waals surface area (Å²) in [6.45, 7) is 3.56. The van der Waals surface area contributed by atoms with Crippen LogP contribution in [0.25, 0.3) is 0 Å². The van der Waals surface area contributed by atoms with Gasteiger partial charge >= 0.3 is 5.97 Å². The number of anilines is 1. The van der Waals surface area contributed by atoms with Crippen molar-refractivity contribution in [2.24, 2.45) is 0 Å². The number of halogens is 1. The SMILES string of the molecule is CCOC(=O)c1nc(C(=O)Nc2ccc(C)c(F)c2)cs1. The summed E-state index contributed by atoms with van der Waals surface area (Å²) in [5.41, 5.74) is 0.907. The molecule has 1 heterocycles. The standard InChI is InChI=1S/C14H13FN2O3S/c1-3-20-14(19)13-17-11(7-21-13)12(18)16-9-5-4-8(2)10(15)6-9/h4-7H,3H2,1-2H3,(H,16,18). The third-order valence-electron chi connectivity index (χ3n) is 2.62. The molecule has 0 spiro atoms. The third-order valence-corrected chi connectivity index (χ3v) is 3.44. The molecule has 2 rings (SSSR count). The molecule has 21 heavy (non-hydrogen) atoms. The number of aromatic nitrogens is 1. The highest BCUT2D eigenvalue weighted by molar-refractivity contribution is 7.11. The molecular weight excluding hydrogens is 295 g/mol. The van der Waals surface area contributed by atoms with E-state index in [9.17, 15) is 14.0 Å². The van der Waals surface area contributed by atoms with Crippen molar-refractivity contribution in [1.29, 1.82) is 0 Å². The summed E-state index contributed by atoms with van der Waals surface area (Å²) in [4.78, 5) is 27.3. The zero-order chi connectivity index (χ0) is 15.4. The predicted molar refractivity (Wildman–Crippen MR) is 77.2 cm³/mol. The molecule has 0 saturated heterocycles. The van der Waals surface area contributed by atoms with Crippen LogP contribution < -0.4 is 5.32 Å². The van der Waals surface area contributed by atoms with E-state index in [0.717, 1.165) is 11.3 Å². The van der Waals surface area contributed by atoms with Gasteiger partial charge in [-0.25, -0.2) is 14.2 Å². The molecule has 110 valence electrons. The van der Waals surface area contributed by atoms with Crippen molar-refractivity contribution in [3.8, 4) is 0 Å². The molecule has 0 aliphatic heterocycles. The first kappa shape index (κ1) is 15.1. The lowest BCUT2D eigenvalue weighted by Gasteiger charge is -2.04. The van der Waals surface area contributed by atoms with Crippen molar-refractivity contribution in [3.05, 3.63) is 45.7 Å². The van der Waals surface area contributed by atoms with Gasteiger partial charge in [-0.1, -0.05) is 6.07 Å². The maximum absolute atomic E-state index is 13.4. The first-order chi connectivity index (χ1) is 10.0. The number of hydrogen-bond acceptors (Lipinski definition) is 5. The van der Waals surface area contributed by atoms with Crippen LogP contribution in [-0.2, 0) is 4.74 Å². The lowest BCUT2D eigenvalue weighted by atomic mass is 10.2. The molecule has 0 fully saturated rings. The second-order valence-electron chi connectivity index (χ2n) is 4.18. The molecule has 0 bridgehead atoms. The average molecular weight is 308 g/mol. The summed E-state index contributed by atoms with van der Waals surface area (Å²) in [5.74, 6) is -1.48. The molecule has 0 saturated carbocycles. The topological polar surface area (TPSA) is 68.3 Å². The fourth-order valence-corrected chi connectivity index (χ4v) is 2.22. The fraction of sp³-hybridized carbons (Fsp3) is 0.214. The van der Waals surface area contributed by atoms with Gasteiger partial charge in [0.2, 0.25) is 5.01 Å². The lowest BCUT2D eigenvalue weighted by molar-refractivity contribution is 0.0526. The van der Waals surface area contributed by atoms with Crippen LogP contribution in [0, 0.1) is 12.7 Å². The van der Waals surface area contributed by atoms with E-state index < -0.39 is 17.7 Å². The maximum Gasteiger partial charge on any atom is 0.367 e. The van der Waals surface area contributed by atoms with Crippen molar-refractivity contribution >= 4 is 28.9 Å². The molecular formula is C14H13FN2O3S. The van der Waals surface area contributed by atoms with Crippen LogP contribution in [0.2, 0.25) is 0 Å². The van der Waals surface area contributed by atoms with E-state index in [0.29, 0.717) is 11.3 Å². The Bertz CT molecular complexity index is 685.